The number of hydrogen-bond donors (Lipinski definition) is 1. The highest BCUT2D eigenvalue weighted by molar-refractivity contribution is 6.29. The van der Waals surface area contributed by atoms with Gasteiger partial charge < -0.3 is 5.32 Å². The molecule has 0 saturated carbocycles. The van der Waals surface area contributed by atoms with Gasteiger partial charge in [0.25, 0.3) is 0 Å². The first-order chi connectivity index (χ1) is 6.77. The van der Waals surface area contributed by atoms with Crippen LogP contribution >= 0.6 is 11.6 Å². The first-order valence-corrected chi connectivity index (χ1v) is 5.17. The fraction of sp³-hybridized carbons (Fsp3) is 0.500. The predicted octanol–water partition coefficient (Wildman–Crippen LogP) is 2.34. The van der Waals surface area contributed by atoms with Crippen molar-refractivity contribution < 1.29 is 4.39 Å². The maximum Gasteiger partial charge on any atom is 0.164 e. The second-order valence-electron chi connectivity index (χ2n) is 3.58. The molecule has 0 bridgehead atoms. The van der Waals surface area contributed by atoms with Crippen molar-refractivity contribution in [2.75, 3.05) is 13.1 Å². The minimum atomic E-state index is -0.422. The van der Waals surface area contributed by atoms with Crippen LogP contribution in [0.5, 0.6) is 0 Å². The molecule has 1 aromatic heterocycles. The van der Waals surface area contributed by atoms with Crippen LogP contribution in [0.4, 0.5) is 4.39 Å². The Bertz CT molecular complexity index is 324. The highest BCUT2D eigenvalue weighted by Crippen LogP contribution is 2.24. The maximum absolute atomic E-state index is 13.1. The number of rotatable bonds is 1. The number of halogens is 2. The molecule has 1 saturated heterocycles. The lowest BCUT2D eigenvalue weighted by molar-refractivity contribution is 0.458. The summed E-state index contributed by atoms with van der Waals surface area (Å²) in [7, 11) is 0. The van der Waals surface area contributed by atoms with E-state index in [0.717, 1.165) is 31.5 Å². The van der Waals surface area contributed by atoms with E-state index in [9.17, 15) is 4.39 Å². The molecule has 0 amide bonds. The fourth-order valence-electron chi connectivity index (χ4n) is 1.80. The molecule has 14 heavy (non-hydrogen) atoms. The second kappa shape index (κ2) is 4.24. The molecule has 0 spiro atoms. The molecule has 1 aliphatic heterocycles. The zero-order valence-electron chi connectivity index (χ0n) is 7.76. The molecule has 0 aromatic carbocycles. The molecule has 4 heteroatoms. The molecule has 1 aliphatic rings. The molecule has 2 rings (SSSR count). The summed E-state index contributed by atoms with van der Waals surface area (Å²) >= 11 is 5.52. The van der Waals surface area contributed by atoms with Crippen molar-refractivity contribution in [1.29, 1.82) is 0 Å². The van der Waals surface area contributed by atoms with Crippen LogP contribution in [0.1, 0.15) is 24.3 Å². The summed E-state index contributed by atoms with van der Waals surface area (Å²) in [4.78, 5) is 3.82. The van der Waals surface area contributed by atoms with Crippen molar-refractivity contribution in [3.63, 3.8) is 0 Å². The van der Waals surface area contributed by atoms with Crippen molar-refractivity contribution in [1.82, 2.24) is 10.3 Å². The van der Waals surface area contributed by atoms with Crippen molar-refractivity contribution in [2.24, 2.45) is 0 Å². The molecule has 0 aliphatic carbocycles. The molecule has 2 nitrogen and oxygen atoms in total. The molecule has 1 unspecified atom stereocenters. The minimum Gasteiger partial charge on any atom is -0.316 e. The summed E-state index contributed by atoms with van der Waals surface area (Å²) in [5.74, 6) is -0.0437. The molecular formula is C10H12ClFN2. The van der Waals surface area contributed by atoms with Crippen LogP contribution in [0.3, 0.4) is 0 Å². The van der Waals surface area contributed by atoms with Gasteiger partial charge in [0.05, 0.1) is 0 Å². The van der Waals surface area contributed by atoms with Gasteiger partial charge in [-0.3, -0.25) is 0 Å². The van der Waals surface area contributed by atoms with Crippen LogP contribution in [0.15, 0.2) is 12.3 Å². The highest BCUT2D eigenvalue weighted by Gasteiger charge is 2.16. The fourth-order valence-corrected chi connectivity index (χ4v) is 1.90. The van der Waals surface area contributed by atoms with Crippen LogP contribution < -0.4 is 5.32 Å². The smallest absolute Gasteiger partial charge is 0.164 e. The van der Waals surface area contributed by atoms with E-state index in [2.05, 4.69) is 10.3 Å². The van der Waals surface area contributed by atoms with E-state index in [1.807, 2.05) is 0 Å². The van der Waals surface area contributed by atoms with Crippen molar-refractivity contribution in [3.8, 4) is 0 Å². The highest BCUT2D eigenvalue weighted by atomic mass is 35.5. The molecule has 1 N–H and O–H groups in total. The molecule has 1 atom stereocenters. The normalized spacial score (nSPS) is 22.3. The van der Waals surface area contributed by atoms with Crippen LogP contribution in [0, 0.1) is 5.82 Å². The number of aromatic nitrogens is 1. The SMILES string of the molecule is Fc1cc(C2CCCNC2)cnc1Cl. The van der Waals surface area contributed by atoms with Gasteiger partial charge in [0.1, 0.15) is 0 Å². The lowest BCUT2D eigenvalue weighted by Gasteiger charge is -2.22. The number of nitrogens with zero attached hydrogens (tertiary/aromatic N) is 1. The van der Waals surface area contributed by atoms with E-state index in [-0.39, 0.29) is 5.15 Å². The van der Waals surface area contributed by atoms with Gasteiger partial charge in [-0.1, -0.05) is 11.6 Å². The average Bonchev–Trinajstić information content (AvgIpc) is 2.23. The summed E-state index contributed by atoms with van der Waals surface area (Å²) in [5.41, 5.74) is 0.944. The molecule has 1 fully saturated rings. The Morgan fingerprint density at radius 2 is 2.43 bits per heavy atom. The monoisotopic (exact) mass is 214 g/mol. The Kier molecular flexibility index (Phi) is 2.99. The summed E-state index contributed by atoms with van der Waals surface area (Å²) in [6.45, 7) is 1.96. The van der Waals surface area contributed by atoms with E-state index in [1.165, 1.54) is 6.07 Å². The van der Waals surface area contributed by atoms with Crippen LogP contribution in [0.2, 0.25) is 5.15 Å². The van der Waals surface area contributed by atoms with Crippen molar-refractivity contribution in [3.05, 3.63) is 28.8 Å². The Hall–Kier alpha value is -0.670. The van der Waals surface area contributed by atoms with Crippen molar-refractivity contribution in [2.45, 2.75) is 18.8 Å². The lowest BCUT2D eigenvalue weighted by Crippen LogP contribution is -2.28. The summed E-state index contributed by atoms with van der Waals surface area (Å²) in [6.07, 6.45) is 3.90. The third kappa shape index (κ3) is 2.04. The quantitative estimate of drug-likeness (QED) is 0.726. The number of hydrogen-bond acceptors (Lipinski definition) is 2. The van der Waals surface area contributed by atoms with E-state index in [0.29, 0.717) is 5.92 Å². The molecular weight excluding hydrogens is 203 g/mol. The molecule has 1 aromatic rings. The third-order valence-corrected chi connectivity index (χ3v) is 2.86. The van der Waals surface area contributed by atoms with Gasteiger partial charge in [0.2, 0.25) is 0 Å². The summed E-state index contributed by atoms with van der Waals surface area (Å²) < 4.78 is 13.1. The molecule has 2 heterocycles. The Morgan fingerprint density at radius 1 is 1.57 bits per heavy atom. The first kappa shape index (κ1) is 9.87. The Balaban J connectivity index is 2.18. The van der Waals surface area contributed by atoms with Gasteiger partial charge in [-0.05, 0) is 36.9 Å². The third-order valence-electron chi connectivity index (χ3n) is 2.59. The average molecular weight is 215 g/mol. The number of piperidine rings is 1. The summed E-state index contributed by atoms with van der Waals surface area (Å²) in [6, 6.07) is 1.49. The maximum atomic E-state index is 13.1. The zero-order valence-corrected chi connectivity index (χ0v) is 8.52. The standard InChI is InChI=1S/C10H12ClFN2/c11-10-9(12)4-8(6-14-10)7-2-1-3-13-5-7/h4,6-7,13H,1-3,5H2. The van der Waals surface area contributed by atoms with Crippen molar-refractivity contribution >= 4 is 11.6 Å². The first-order valence-electron chi connectivity index (χ1n) is 4.79. The van der Waals surface area contributed by atoms with Crippen LogP contribution in [-0.2, 0) is 0 Å². The van der Waals surface area contributed by atoms with Gasteiger partial charge in [-0.2, -0.15) is 0 Å². The van der Waals surface area contributed by atoms with E-state index < -0.39 is 5.82 Å². The van der Waals surface area contributed by atoms with E-state index >= 15 is 0 Å². The second-order valence-corrected chi connectivity index (χ2v) is 3.94. The molecule has 76 valence electrons. The summed E-state index contributed by atoms with van der Waals surface area (Å²) in [5, 5.41) is 3.24. The van der Waals surface area contributed by atoms with Crippen LogP contribution in [0.25, 0.3) is 0 Å². The van der Waals surface area contributed by atoms with Gasteiger partial charge in [-0.25, -0.2) is 9.37 Å². The number of nitrogens with one attached hydrogen (secondary N) is 1. The minimum absolute atomic E-state index is 0.0440. The van der Waals surface area contributed by atoms with Gasteiger partial charge in [-0.15, -0.1) is 0 Å². The van der Waals surface area contributed by atoms with E-state index in [4.69, 9.17) is 11.6 Å². The Labute approximate surface area is 87.5 Å². The van der Waals surface area contributed by atoms with Gasteiger partial charge in [0.15, 0.2) is 11.0 Å². The van der Waals surface area contributed by atoms with Gasteiger partial charge >= 0.3 is 0 Å². The largest absolute Gasteiger partial charge is 0.316 e. The number of pyridine rings is 1. The van der Waals surface area contributed by atoms with Gasteiger partial charge in [0, 0.05) is 12.7 Å². The lowest BCUT2D eigenvalue weighted by atomic mass is 9.93. The Morgan fingerprint density at radius 3 is 3.07 bits per heavy atom. The zero-order chi connectivity index (χ0) is 9.97. The topological polar surface area (TPSA) is 24.9 Å². The van der Waals surface area contributed by atoms with Crippen LogP contribution in [-0.4, -0.2) is 18.1 Å². The molecule has 0 radical (unpaired) electrons. The van der Waals surface area contributed by atoms with E-state index in [1.54, 1.807) is 6.20 Å². The predicted molar refractivity (Wildman–Crippen MR) is 54.0 cm³/mol.